The number of piperidine rings is 2. The number of hydrogen-bond donors (Lipinski definition) is 0. The van der Waals surface area contributed by atoms with Gasteiger partial charge in [-0.1, -0.05) is 12.1 Å². The molecule has 0 radical (unpaired) electrons. The van der Waals surface area contributed by atoms with E-state index in [2.05, 4.69) is 14.9 Å². The summed E-state index contributed by atoms with van der Waals surface area (Å²) >= 11 is 0. The van der Waals surface area contributed by atoms with E-state index < -0.39 is 0 Å². The lowest BCUT2D eigenvalue weighted by Crippen LogP contribution is -2.44. The number of aromatic nitrogens is 2. The van der Waals surface area contributed by atoms with Crippen LogP contribution in [-0.4, -0.2) is 51.7 Å². The molecule has 0 unspecified atom stereocenters. The number of benzene rings is 1. The molecule has 2 aliphatic heterocycles. The van der Waals surface area contributed by atoms with E-state index in [-0.39, 0.29) is 11.7 Å². The Labute approximate surface area is 166 Å². The van der Waals surface area contributed by atoms with Crippen LogP contribution in [0.2, 0.25) is 0 Å². The standard InChI is InChI=1S/C22H29FN4O/c1-25-15-18(21(24-25)19-7-3-4-8-20(19)23)16-26-13-9-17(10-14-26)22(28)27-11-5-2-6-12-27/h3-4,7-8,15,17H,2,5-6,9-14,16H2,1H3. The maximum Gasteiger partial charge on any atom is 0.225 e. The van der Waals surface area contributed by atoms with Gasteiger partial charge in [-0.2, -0.15) is 5.10 Å². The number of carbonyl (C=O) groups is 1. The summed E-state index contributed by atoms with van der Waals surface area (Å²) in [4.78, 5) is 17.2. The molecule has 2 aliphatic rings. The van der Waals surface area contributed by atoms with Crippen LogP contribution < -0.4 is 0 Å². The van der Waals surface area contributed by atoms with E-state index in [1.807, 2.05) is 19.3 Å². The molecule has 1 amide bonds. The molecule has 0 saturated carbocycles. The van der Waals surface area contributed by atoms with Gasteiger partial charge >= 0.3 is 0 Å². The number of nitrogens with zero attached hydrogens (tertiary/aromatic N) is 4. The van der Waals surface area contributed by atoms with Crippen LogP contribution in [0.5, 0.6) is 0 Å². The van der Waals surface area contributed by atoms with Crippen molar-refractivity contribution < 1.29 is 9.18 Å². The third kappa shape index (κ3) is 4.12. The number of halogens is 1. The Morgan fingerprint density at radius 2 is 1.82 bits per heavy atom. The molecule has 2 saturated heterocycles. The lowest BCUT2D eigenvalue weighted by molar-refractivity contribution is -0.138. The number of likely N-dealkylation sites (tertiary alicyclic amines) is 2. The molecular formula is C22H29FN4O. The van der Waals surface area contributed by atoms with Crippen LogP contribution >= 0.6 is 0 Å². The second kappa shape index (κ2) is 8.43. The number of hydrogen-bond acceptors (Lipinski definition) is 3. The molecule has 28 heavy (non-hydrogen) atoms. The van der Waals surface area contributed by atoms with Crippen molar-refractivity contribution in [2.24, 2.45) is 13.0 Å². The molecule has 0 aliphatic carbocycles. The minimum Gasteiger partial charge on any atom is -0.342 e. The molecule has 0 atom stereocenters. The quantitative estimate of drug-likeness (QED) is 0.811. The van der Waals surface area contributed by atoms with Gasteiger partial charge in [-0.05, 0) is 57.3 Å². The van der Waals surface area contributed by atoms with E-state index >= 15 is 0 Å². The van der Waals surface area contributed by atoms with Crippen LogP contribution in [0.15, 0.2) is 30.5 Å². The average molecular weight is 384 g/mol. The summed E-state index contributed by atoms with van der Waals surface area (Å²) in [7, 11) is 1.87. The summed E-state index contributed by atoms with van der Waals surface area (Å²) in [6, 6.07) is 6.80. The van der Waals surface area contributed by atoms with E-state index in [9.17, 15) is 9.18 Å². The SMILES string of the molecule is Cn1cc(CN2CCC(C(=O)N3CCCCC3)CC2)c(-c2ccccc2F)n1. The zero-order valence-corrected chi connectivity index (χ0v) is 16.6. The van der Waals surface area contributed by atoms with Crippen LogP contribution in [0.3, 0.4) is 0 Å². The minimum absolute atomic E-state index is 0.161. The van der Waals surface area contributed by atoms with Crippen LogP contribution in [0.25, 0.3) is 11.3 Å². The molecule has 0 spiro atoms. The molecule has 2 aromatic rings. The highest BCUT2D eigenvalue weighted by Gasteiger charge is 2.29. The summed E-state index contributed by atoms with van der Waals surface area (Å²) in [6.07, 6.45) is 7.33. The van der Waals surface area contributed by atoms with E-state index in [1.165, 1.54) is 12.5 Å². The molecule has 2 fully saturated rings. The van der Waals surface area contributed by atoms with E-state index in [4.69, 9.17) is 0 Å². The van der Waals surface area contributed by atoms with Gasteiger partial charge in [0.2, 0.25) is 5.91 Å². The third-order valence-corrected chi connectivity index (χ3v) is 6.03. The fourth-order valence-electron chi connectivity index (χ4n) is 4.48. The monoisotopic (exact) mass is 384 g/mol. The molecule has 150 valence electrons. The fourth-order valence-corrected chi connectivity index (χ4v) is 4.48. The highest BCUT2D eigenvalue weighted by atomic mass is 19.1. The van der Waals surface area contributed by atoms with Crippen molar-refractivity contribution in [3.8, 4) is 11.3 Å². The second-order valence-electron chi connectivity index (χ2n) is 8.09. The first-order valence-electron chi connectivity index (χ1n) is 10.4. The fraction of sp³-hybridized carbons (Fsp3) is 0.545. The molecule has 1 aromatic heterocycles. The topological polar surface area (TPSA) is 41.4 Å². The van der Waals surface area contributed by atoms with Crippen molar-refractivity contribution >= 4 is 5.91 Å². The van der Waals surface area contributed by atoms with Gasteiger partial charge in [-0.25, -0.2) is 4.39 Å². The highest BCUT2D eigenvalue weighted by molar-refractivity contribution is 5.79. The Morgan fingerprint density at radius 3 is 2.54 bits per heavy atom. The Bertz CT molecular complexity index is 820. The maximum absolute atomic E-state index is 14.3. The molecule has 3 heterocycles. The van der Waals surface area contributed by atoms with Gasteiger partial charge in [-0.15, -0.1) is 0 Å². The van der Waals surface area contributed by atoms with Crippen LogP contribution in [-0.2, 0) is 18.4 Å². The summed E-state index contributed by atoms with van der Waals surface area (Å²) < 4.78 is 16.0. The number of amides is 1. The summed E-state index contributed by atoms with van der Waals surface area (Å²) in [5.74, 6) is 0.273. The lowest BCUT2D eigenvalue weighted by atomic mass is 9.94. The number of carbonyl (C=O) groups excluding carboxylic acids is 1. The predicted octanol–water partition coefficient (Wildman–Crippen LogP) is 3.45. The van der Waals surface area contributed by atoms with Crippen molar-refractivity contribution in [2.45, 2.75) is 38.6 Å². The molecule has 4 rings (SSSR count). The first-order valence-corrected chi connectivity index (χ1v) is 10.4. The van der Waals surface area contributed by atoms with E-state index in [1.54, 1.807) is 16.8 Å². The van der Waals surface area contributed by atoms with Gasteiger partial charge < -0.3 is 4.90 Å². The minimum atomic E-state index is -0.242. The molecule has 5 nitrogen and oxygen atoms in total. The van der Waals surface area contributed by atoms with Crippen molar-refractivity contribution in [1.29, 1.82) is 0 Å². The Kier molecular flexibility index (Phi) is 5.76. The van der Waals surface area contributed by atoms with Gasteiger partial charge in [-0.3, -0.25) is 14.4 Å². The van der Waals surface area contributed by atoms with Gasteiger partial charge in [0.25, 0.3) is 0 Å². The van der Waals surface area contributed by atoms with Gasteiger partial charge in [0.1, 0.15) is 5.82 Å². The number of rotatable bonds is 4. The van der Waals surface area contributed by atoms with Crippen molar-refractivity contribution in [1.82, 2.24) is 19.6 Å². The van der Waals surface area contributed by atoms with Crippen LogP contribution in [0, 0.1) is 11.7 Å². The average Bonchev–Trinajstić information content (AvgIpc) is 3.09. The van der Waals surface area contributed by atoms with Crippen molar-refractivity contribution in [3.63, 3.8) is 0 Å². The summed E-state index contributed by atoms with van der Waals surface area (Å²) in [6.45, 7) is 4.40. The Hall–Kier alpha value is -2.21. The first kappa shape index (κ1) is 19.1. The zero-order valence-electron chi connectivity index (χ0n) is 16.6. The van der Waals surface area contributed by atoms with E-state index in [0.29, 0.717) is 17.2 Å². The Balaban J connectivity index is 1.39. The molecular weight excluding hydrogens is 355 g/mol. The Morgan fingerprint density at radius 1 is 1.11 bits per heavy atom. The third-order valence-electron chi connectivity index (χ3n) is 6.03. The first-order chi connectivity index (χ1) is 13.6. The maximum atomic E-state index is 14.3. The molecule has 0 N–H and O–H groups in total. The van der Waals surface area contributed by atoms with Gasteiger partial charge in [0.05, 0.1) is 5.69 Å². The highest BCUT2D eigenvalue weighted by Crippen LogP contribution is 2.28. The molecule has 1 aromatic carbocycles. The van der Waals surface area contributed by atoms with Crippen molar-refractivity contribution in [2.75, 3.05) is 26.2 Å². The van der Waals surface area contributed by atoms with Gasteiger partial charge in [0, 0.05) is 49.9 Å². The summed E-state index contributed by atoms with van der Waals surface area (Å²) in [5, 5.41) is 4.50. The zero-order chi connectivity index (χ0) is 19.5. The lowest BCUT2D eigenvalue weighted by Gasteiger charge is -2.35. The predicted molar refractivity (Wildman–Crippen MR) is 107 cm³/mol. The second-order valence-corrected chi connectivity index (χ2v) is 8.09. The molecule has 6 heteroatoms. The van der Waals surface area contributed by atoms with E-state index in [0.717, 1.165) is 64.0 Å². The number of aryl methyl sites for hydroxylation is 1. The van der Waals surface area contributed by atoms with Crippen LogP contribution in [0.4, 0.5) is 4.39 Å². The normalized spacial score (nSPS) is 19.1. The largest absolute Gasteiger partial charge is 0.342 e. The molecule has 0 bridgehead atoms. The summed E-state index contributed by atoms with van der Waals surface area (Å²) in [5.41, 5.74) is 2.30. The smallest absolute Gasteiger partial charge is 0.225 e. The van der Waals surface area contributed by atoms with Crippen LogP contribution in [0.1, 0.15) is 37.7 Å². The van der Waals surface area contributed by atoms with Gasteiger partial charge in [0.15, 0.2) is 0 Å². The van der Waals surface area contributed by atoms with Crippen molar-refractivity contribution in [3.05, 3.63) is 41.8 Å².